The first-order valence-electron chi connectivity index (χ1n) is 6.90. The minimum atomic E-state index is -0.666. The van der Waals surface area contributed by atoms with Crippen molar-refractivity contribution in [3.63, 3.8) is 0 Å². The number of hydrogen-bond acceptors (Lipinski definition) is 3. The van der Waals surface area contributed by atoms with Crippen LogP contribution in [0.2, 0.25) is 0 Å². The molecule has 0 spiro atoms. The molecule has 3 aliphatic heterocycles. The summed E-state index contributed by atoms with van der Waals surface area (Å²) in [6, 6.07) is 7.46. The second kappa shape index (κ2) is 3.95. The molecule has 2 bridgehead atoms. The van der Waals surface area contributed by atoms with E-state index >= 15 is 0 Å². The Labute approximate surface area is 136 Å². The molecule has 4 rings (SSSR count). The molecular weight excluding hydrogens is 381 g/mol. The van der Waals surface area contributed by atoms with E-state index in [1.165, 1.54) is 4.90 Å². The van der Waals surface area contributed by atoms with E-state index in [4.69, 9.17) is 4.74 Å². The predicted octanol–water partition coefficient (Wildman–Crippen LogP) is 2.51. The summed E-state index contributed by atoms with van der Waals surface area (Å²) in [5.74, 6) is -1.14. The van der Waals surface area contributed by atoms with Crippen LogP contribution in [-0.4, -0.2) is 23.0 Å². The van der Waals surface area contributed by atoms with Gasteiger partial charge in [-0.25, -0.2) is 4.90 Å². The first-order chi connectivity index (χ1) is 9.87. The lowest BCUT2D eigenvalue weighted by Crippen LogP contribution is -2.39. The van der Waals surface area contributed by atoms with Crippen LogP contribution in [0.3, 0.4) is 0 Å². The molecule has 21 heavy (non-hydrogen) atoms. The van der Waals surface area contributed by atoms with Crippen LogP contribution < -0.4 is 4.90 Å². The number of benzene rings is 1. The molecule has 0 aliphatic carbocycles. The van der Waals surface area contributed by atoms with Crippen molar-refractivity contribution in [1.29, 1.82) is 0 Å². The molecule has 3 heterocycles. The van der Waals surface area contributed by atoms with Gasteiger partial charge in [0, 0.05) is 3.57 Å². The molecule has 0 N–H and O–H groups in total. The molecule has 4 nitrogen and oxygen atoms in total. The molecular formula is C16H14INO3. The highest BCUT2D eigenvalue weighted by Gasteiger charge is 2.70. The van der Waals surface area contributed by atoms with Crippen LogP contribution in [0.5, 0.6) is 0 Å². The normalized spacial score (nSPS) is 40.2. The van der Waals surface area contributed by atoms with Gasteiger partial charge in [-0.15, -0.1) is 0 Å². The Kier molecular flexibility index (Phi) is 2.53. The molecule has 0 radical (unpaired) electrons. The molecule has 2 amide bonds. The minimum absolute atomic E-state index is 0.148. The van der Waals surface area contributed by atoms with Gasteiger partial charge >= 0.3 is 0 Å². The van der Waals surface area contributed by atoms with Crippen LogP contribution >= 0.6 is 22.6 Å². The third kappa shape index (κ3) is 1.53. The summed E-state index contributed by atoms with van der Waals surface area (Å²) in [5, 5.41) is 0. The number of anilines is 1. The molecule has 0 unspecified atom stereocenters. The lowest BCUT2D eigenvalue weighted by Gasteiger charge is -2.25. The van der Waals surface area contributed by atoms with E-state index < -0.39 is 23.0 Å². The van der Waals surface area contributed by atoms with Crippen molar-refractivity contribution >= 4 is 40.1 Å². The van der Waals surface area contributed by atoms with Gasteiger partial charge in [-0.2, -0.15) is 0 Å². The average molecular weight is 395 g/mol. The number of hydrogen-bond donors (Lipinski definition) is 0. The van der Waals surface area contributed by atoms with Gasteiger partial charge in [0.1, 0.15) is 0 Å². The van der Waals surface area contributed by atoms with Crippen molar-refractivity contribution in [2.45, 2.75) is 25.0 Å². The van der Waals surface area contributed by atoms with Crippen molar-refractivity contribution in [3.8, 4) is 0 Å². The smallest absolute Gasteiger partial charge is 0.241 e. The predicted molar refractivity (Wildman–Crippen MR) is 85.7 cm³/mol. The summed E-state index contributed by atoms with van der Waals surface area (Å²) in [4.78, 5) is 27.1. The quantitative estimate of drug-likeness (QED) is 0.417. The number of imide groups is 1. The third-order valence-corrected chi connectivity index (χ3v) is 5.73. The molecule has 4 atom stereocenters. The van der Waals surface area contributed by atoms with Gasteiger partial charge < -0.3 is 4.74 Å². The Morgan fingerprint density at radius 3 is 2.10 bits per heavy atom. The van der Waals surface area contributed by atoms with E-state index in [0.29, 0.717) is 5.69 Å². The van der Waals surface area contributed by atoms with Crippen LogP contribution in [0.1, 0.15) is 13.8 Å². The largest absolute Gasteiger partial charge is 0.359 e. The molecule has 1 aromatic carbocycles. The summed E-state index contributed by atoms with van der Waals surface area (Å²) in [5.41, 5.74) is -0.656. The highest BCUT2D eigenvalue weighted by Crippen LogP contribution is 2.57. The number of carbonyl (C=O) groups excluding carboxylic acids is 2. The Hall–Kier alpha value is -1.21. The zero-order valence-electron chi connectivity index (χ0n) is 11.7. The van der Waals surface area contributed by atoms with E-state index in [-0.39, 0.29) is 11.8 Å². The Balaban J connectivity index is 1.85. The van der Waals surface area contributed by atoms with Gasteiger partial charge in [0.15, 0.2) is 0 Å². The van der Waals surface area contributed by atoms with Crippen LogP contribution in [-0.2, 0) is 14.3 Å². The van der Waals surface area contributed by atoms with Gasteiger partial charge in [0.2, 0.25) is 11.8 Å². The molecule has 0 aromatic heterocycles. The van der Waals surface area contributed by atoms with Crippen LogP contribution in [0, 0.1) is 15.4 Å². The number of carbonyl (C=O) groups is 2. The standard InChI is InChI=1S/C16H14INO3/c1-15-7-8-16(2,21-15)12-11(15)13(19)18(14(12)20)10-6-4-3-5-9(10)17/h3-8,11-12H,1-2H3/t11-,12-,15-,16+/m0/s1. The summed E-state index contributed by atoms with van der Waals surface area (Å²) >= 11 is 2.15. The van der Waals surface area contributed by atoms with Gasteiger partial charge in [-0.05, 0) is 48.6 Å². The van der Waals surface area contributed by atoms with Crippen LogP contribution in [0.4, 0.5) is 5.69 Å². The number of para-hydroxylation sites is 1. The lowest BCUT2D eigenvalue weighted by molar-refractivity contribution is -0.128. The second-order valence-corrected chi connectivity index (χ2v) is 7.38. The summed E-state index contributed by atoms with van der Waals surface area (Å²) in [7, 11) is 0. The van der Waals surface area contributed by atoms with Gasteiger partial charge in [0.25, 0.3) is 0 Å². The number of halogens is 1. The number of amides is 2. The average Bonchev–Trinajstić information content (AvgIpc) is 2.97. The van der Waals surface area contributed by atoms with E-state index in [9.17, 15) is 9.59 Å². The first-order valence-corrected chi connectivity index (χ1v) is 7.98. The van der Waals surface area contributed by atoms with Crippen LogP contribution in [0.25, 0.3) is 0 Å². The first kappa shape index (κ1) is 13.5. The molecule has 3 aliphatic rings. The molecule has 2 fully saturated rings. The van der Waals surface area contributed by atoms with Gasteiger partial charge in [0.05, 0.1) is 28.7 Å². The summed E-state index contributed by atoms with van der Waals surface area (Å²) in [6.45, 7) is 3.79. The van der Waals surface area contributed by atoms with E-state index in [1.54, 1.807) is 0 Å². The van der Waals surface area contributed by atoms with Crippen molar-refractivity contribution in [2.24, 2.45) is 11.8 Å². The molecule has 5 heteroatoms. The second-order valence-electron chi connectivity index (χ2n) is 6.22. The van der Waals surface area contributed by atoms with E-state index in [1.807, 2.05) is 50.3 Å². The number of fused-ring (bicyclic) bond motifs is 5. The van der Waals surface area contributed by atoms with Crippen molar-refractivity contribution < 1.29 is 14.3 Å². The van der Waals surface area contributed by atoms with Crippen LogP contribution in [0.15, 0.2) is 36.4 Å². The fraction of sp³-hybridized carbons (Fsp3) is 0.375. The van der Waals surface area contributed by atoms with E-state index in [2.05, 4.69) is 22.6 Å². The Bertz CT molecular complexity index is 679. The van der Waals surface area contributed by atoms with Crippen molar-refractivity contribution in [3.05, 3.63) is 40.0 Å². The topological polar surface area (TPSA) is 46.6 Å². The van der Waals surface area contributed by atoms with Gasteiger partial charge in [-0.3, -0.25) is 9.59 Å². The maximum Gasteiger partial charge on any atom is 0.241 e. The highest BCUT2D eigenvalue weighted by molar-refractivity contribution is 14.1. The third-order valence-electron chi connectivity index (χ3n) is 4.82. The zero-order valence-corrected chi connectivity index (χ0v) is 13.8. The maximum absolute atomic E-state index is 12.9. The van der Waals surface area contributed by atoms with Crippen molar-refractivity contribution in [1.82, 2.24) is 0 Å². The monoisotopic (exact) mass is 395 g/mol. The molecule has 108 valence electrons. The molecule has 0 saturated carbocycles. The number of ether oxygens (including phenoxy) is 1. The van der Waals surface area contributed by atoms with E-state index in [0.717, 1.165) is 3.57 Å². The fourth-order valence-corrected chi connectivity index (χ4v) is 4.53. The lowest BCUT2D eigenvalue weighted by atomic mass is 9.73. The highest BCUT2D eigenvalue weighted by atomic mass is 127. The SMILES string of the molecule is C[C@]12C=C[C@](C)(O1)[C@@H]1C(=O)N(c3ccccc3I)C(=O)[C@H]12. The Morgan fingerprint density at radius 2 is 1.57 bits per heavy atom. The molecule has 2 saturated heterocycles. The maximum atomic E-state index is 12.9. The zero-order chi connectivity index (χ0) is 15.0. The number of rotatable bonds is 1. The summed E-state index contributed by atoms with van der Waals surface area (Å²) in [6.07, 6.45) is 3.86. The summed E-state index contributed by atoms with van der Waals surface area (Å²) < 4.78 is 6.88. The fourth-order valence-electron chi connectivity index (χ4n) is 3.90. The number of nitrogens with zero attached hydrogens (tertiary/aromatic N) is 1. The Morgan fingerprint density at radius 1 is 1.05 bits per heavy atom. The van der Waals surface area contributed by atoms with Crippen molar-refractivity contribution in [2.75, 3.05) is 4.90 Å². The minimum Gasteiger partial charge on any atom is -0.359 e. The molecule has 1 aromatic rings. The van der Waals surface area contributed by atoms with Gasteiger partial charge in [-0.1, -0.05) is 24.3 Å².